The van der Waals surface area contributed by atoms with Gasteiger partial charge >= 0.3 is 51.4 Å². The van der Waals surface area contributed by atoms with Crippen LogP contribution in [0.4, 0.5) is 0 Å². The number of hydrogen-bond donors (Lipinski definition) is 0. The molecule has 0 unspecified atom stereocenters. The third-order valence-electron chi connectivity index (χ3n) is 2.93. The Balaban J connectivity index is 0.00000161. The van der Waals surface area contributed by atoms with Crippen molar-refractivity contribution in [2.24, 2.45) is 0 Å². The van der Waals surface area contributed by atoms with Gasteiger partial charge in [-0.05, 0) is 24.3 Å². The van der Waals surface area contributed by atoms with Crippen molar-refractivity contribution in [2.45, 2.75) is 4.90 Å². The normalized spacial score (nSPS) is 10.5. The first-order valence-corrected chi connectivity index (χ1v) is 7.32. The zero-order valence-corrected chi connectivity index (χ0v) is 16.0. The third kappa shape index (κ3) is 3.79. The van der Waals surface area contributed by atoms with Gasteiger partial charge in [0, 0.05) is 26.4 Å². The Hall–Kier alpha value is -0.144. The van der Waals surface area contributed by atoms with Gasteiger partial charge in [0.25, 0.3) is 0 Å². The molecular formula is C15H9ClKNO2S. The molecule has 0 spiro atoms. The summed E-state index contributed by atoms with van der Waals surface area (Å²) in [5.74, 6) is -1.19. The predicted octanol–water partition coefficient (Wildman–Crippen LogP) is -0.113. The van der Waals surface area contributed by atoms with Gasteiger partial charge in [-0.1, -0.05) is 29.8 Å². The van der Waals surface area contributed by atoms with Gasteiger partial charge in [-0.3, -0.25) is 0 Å². The molecule has 0 amide bonds. The number of pyridine rings is 1. The number of nitrogens with zero attached hydrogens (tertiary/aromatic N) is 1. The summed E-state index contributed by atoms with van der Waals surface area (Å²) in [6, 6.07) is 13.1. The number of rotatable bonds is 3. The van der Waals surface area contributed by atoms with Crippen molar-refractivity contribution >= 4 is 51.1 Å². The van der Waals surface area contributed by atoms with Crippen molar-refractivity contribution in [2.75, 3.05) is 5.75 Å². The van der Waals surface area contributed by atoms with Crippen LogP contribution in [-0.4, -0.2) is 16.7 Å². The average molecular weight is 342 g/mol. The van der Waals surface area contributed by atoms with Gasteiger partial charge in [0.15, 0.2) is 0 Å². The molecule has 1 heterocycles. The molecule has 0 atom stereocenters. The number of thioether (sulfide) groups is 1. The molecule has 21 heavy (non-hydrogen) atoms. The van der Waals surface area contributed by atoms with Gasteiger partial charge in [-0.15, -0.1) is 11.8 Å². The standard InChI is InChI=1S/C15H10ClNO2S.K/c16-9-5-6-13-11(7-9)15(20-8-14(18)19)10-3-1-2-4-12(10)17-13;/h1-7H,8H2,(H,18,19);/q;+1/p-1. The minimum absolute atomic E-state index is 0. The number of halogens is 1. The van der Waals surface area contributed by atoms with Gasteiger partial charge in [-0.25, -0.2) is 4.98 Å². The second-order valence-corrected chi connectivity index (χ2v) is 5.70. The van der Waals surface area contributed by atoms with E-state index in [1.54, 1.807) is 6.07 Å². The van der Waals surface area contributed by atoms with Crippen LogP contribution in [0.5, 0.6) is 0 Å². The predicted molar refractivity (Wildman–Crippen MR) is 80.0 cm³/mol. The van der Waals surface area contributed by atoms with E-state index in [1.165, 1.54) is 11.8 Å². The van der Waals surface area contributed by atoms with E-state index in [-0.39, 0.29) is 57.1 Å². The molecule has 0 aliphatic heterocycles. The summed E-state index contributed by atoms with van der Waals surface area (Å²) in [6.07, 6.45) is 0. The minimum atomic E-state index is -1.09. The van der Waals surface area contributed by atoms with Gasteiger partial charge < -0.3 is 9.90 Å². The Bertz CT molecular complexity index is 825. The fourth-order valence-electron chi connectivity index (χ4n) is 2.11. The molecule has 3 nitrogen and oxygen atoms in total. The van der Waals surface area contributed by atoms with Crippen LogP contribution in [0.25, 0.3) is 21.8 Å². The molecule has 0 bridgehead atoms. The molecule has 3 rings (SSSR count). The number of hydrogen-bond acceptors (Lipinski definition) is 4. The van der Waals surface area contributed by atoms with E-state index in [0.717, 1.165) is 26.7 Å². The van der Waals surface area contributed by atoms with Crippen LogP contribution in [0.15, 0.2) is 47.4 Å². The Labute approximate surface area is 173 Å². The van der Waals surface area contributed by atoms with E-state index in [0.29, 0.717) is 5.02 Å². The molecule has 0 N–H and O–H groups in total. The molecule has 0 saturated carbocycles. The van der Waals surface area contributed by atoms with E-state index in [1.807, 2.05) is 36.4 Å². The minimum Gasteiger partial charge on any atom is -0.549 e. The van der Waals surface area contributed by atoms with Crippen molar-refractivity contribution < 1.29 is 61.3 Å². The van der Waals surface area contributed by atoms with Gasteiger partial charge in [0.1, 0.15) is 0 Å². The van der Waals surface area contributed by atoms with Gasteiger partial charge in [-0.2, -0.15) is 0 Å². The number of para-hydroxylation sites is 1. The van der Waals surface area contributed by atoms with Crippen LogP contribution in [0.3, 0.4) is 0 Å². The maximum Gasteiger partial charge on any atom is 1.00 e. The Kier molecular flexibility index (Phi) is 6.08. The van der Waals surface area contributed by atoms with Gasteiger partial charge in [0.05, 0.1) is 17.0 Å². The summed E-state index contributed by atoms with van der Waals surface area (Å²) < 4.78 is 0. The molecule has 0 aliphatic rings. The van der Waals surface area contributed by atoms with Crippen molar-refractivity contribution in [1.29, 1.82) is 0 Å². The molecule has 0 saturated heterocycles. The molecule has 1 aromatic heterocycles. The van der Waals surface area contributed by atoms with Crippen LogP contribution in [0.1, 0.15) is 0 Å². The van der Waals surface area contributed by atoms with E-state index >= 15 is 0 Å². The summed E-state index contributed by atoms with van der Waals surface area (Å²) in [5.41, 5.74) is 1.64. The Morgan fingerprint density at radius 3 is 2.62 bits per heavy atom. The van der Waals surface area contributed by atoms with Crippen LogP contribution in [0.2, 0.25) is 5.02 Å². The maximum absolute atomic E-state index is 10.7. The Morgan fingerprint density at radius 2 is 1.86 bits per heavy atom. The van der Waals surface area contributed by atoms with E-state index in [2.05, 4.69) is 4.98 Å². The van der Waals surface area contributed by atoms with Crippen LogP contribution in [-0.2, 0) is 4.79 Å². The molecule has 0 aliphatic carbocycles. The van der Waals surface area contributed by atoms with Gasteiger partial charge in [0.2, 0.25) is 0 Å². The van der Waals surface area contributed by atoms with Crippen LogP contribution in [0, 0.1) is 0 Å². The molecule has 6 heteroatoms. The number of carboxylic acids is 1. The summed E-state index contributed by atoms with van der Waals surface area (Å²) in [7, 11) is 0. The average Bonchev–Trinajstić information content (AvgIpc) is 2.43. The maximum atomic E-state index is 10.7. The van der Waals surface area contributed by atoms with E-state index in [4.69, 9.17) is 11.6 Å². The van der Waals surface area contributed by atoms with Crippen molar-refractivity contribution in [3.63, 3.8) is 0 Å². The number of carboxylic acid groups (broad SMARTS) is 1. The first-order chi connectivity index (χ1) is 9.65. The largest absolute Gasteiger partial charge is 1.00 e. The molecule has 2 aromatic carbocycles. The topological polar surface area (TPSA) is 53.0 Å². The number of carbonyl (C=O) groups is 1. The summed E-state index contributed by atoms with van der Waals surface area (Å²) in [4.78, 5) is 16.2. The van der Waals surface area contributed by atoms with Crippen molar-refractivity contribution in [1.82, 2.24) is 4.98 Å². The summed E-state index contributed by atoms with van der Waals surface area (Å²) >= 11 is 7.27. The number of benzene rings is 2. The van der Waals surface area contributed by atoms with Crippen LogP contribution >= 0.6 is 23.4 Å². The zero-order chi connectivity index (χ0) is 14.1. The summed E-state index contributed by atoms with van der Waals surface area (Å²) in [5, 5.41) is 13.1. The van der Waals surface area contributed by atoms with Crippen molar-refractivity contribution in [3.8, 4) is 0 Å². The Morgan fingerprint density at radius 1 is 1.14 bits per heavy atom. The molecule has 3 aromatic rings. The first kappa shape index (κ1) is 17.2. The molecule has 100 valence electrons. The number of aliphatic carboxylic acids is 1. The summed E-state index contributed by atoms with van der Waals surface area (Å²) in [6.45, 7) is 0. The third-order valence-corrected chi connectivity index (χ3v) is 4.27. The fourth-order valence-corrected chi connectivity index (χ4v) is 3.19. The molecule has 0 radical (unpaired) electrons. The monoisotopic (exact) mass is 341 g/mol. The van der Waals surface area contributed by atoms with Crippen molar-refractivity contribution in [3.05, 3.63) is 47.5 Å². The first-order valence-electron chi connectivity index (χ1n) is 5.96. The van der Waals surface area contributed by atoms with E-state index < -0.39 is 5.97 Å². The molecule has 0 fully saturated rings. The van der Waals surface area contributed by atoms with E-state index in [9.17, 15) is 9.90 Å². The zero-order valence-electron chi connectivity index (χ0n) is 11.3. The molecular weight excluding hydrogens is 333 g/mol. The number of aromatic nitrogens is 1. The second kappa shape index (κ2) is 7.42. The fraction of sp³-hybridized carbons (Fsp3) is 0.0667. The SMILES string of the molecule is O=C([O-])CSc1c2ccccc2nc2ccc(Cl)cc12.[K+]. The van der Waals surface area contributed by atoms with Crippen LogP contribution < -0.4 is 56.5 Å². The quantitative estimate of drug-likeness (QED) is 0.379. The number of fused-ring (bicyclic) bond motifs is 2. The number of carbonyl (C=O) groups excluding carboxylic acids is 1. The second-order valence-electron chi connectivity index (χ2n) is 4.28. The smallest absolute Gasteiger partial charge is 0.549 e.